The number of primary amides is 2. The van der Waals surface area contributed by atoms with Crippen LogP contribution in [0.1, 0.15) is 40.0 Å². The van der Waals surface area contributed by atoms with Crippen LogP contribution in [0.15, 0.2) is 55.0 Å². The molecule has 0 bridgehead atoms. The maximum absolute atomic E-state index is 11.9. The number of nitrogens with zero attached hydrogens (tertiary/aromatic N) is 5. The molecule has 1 saturated carbocycles. The maximum atomic E-state index is 11.9. The minimum absolute atomic E-state index is 0.0329. The molecule has 0 spiro atoms. The van der Waals surface area contributed by atoms with E-state index in [9.17, 15) is 9.59 Å². The minimum Gasteiger partial charge on any atom is -0.367 e. The summed E-state index contributed by atoms with van der Waals surface area (Å²) in [6.07, 6.45) is 6.71. The van der Waals surface area contributed by atoms with Crippen molar-refractivity contribution in [3.63, 3.8) is 0 Å². The molecule has 7 N–H and O–H groups in total. The maximum Gasteiger partial charge on any atom is 0.252 e. The number of carbonyl (C=O) groups is 2. The Bertz CT molecular complexity index is 1090. The van der Waals surface area contributed by atoms with Gasteiger partial charge in [0, 0.05) is 18.3 Å². The van der Waals surface area contributed by atoms with Gasteiger partial charge >= 0.3 is 0 Å². The summed E-state index contributed by atoms with van der Waals surface area (Å²) >= 11 is 0. The summed E-state index contributed by atoms with van der Waals surface area (Å²) in [7, 11) is 0. The first-order valence-corrected chi connectivity index (χ1v) is 10.3. The first-order chi connectivity index (χ1) is 15.4. The van der Waals surface area contributed by atoms with E-state index in [0.29, 0.717) is 12.2 Å². The second-order valence-corrected chi connectivity index (χ2v) is 7.71. The molecule has 4 rings (SSSR count). The number of para-hydroxylation sites is 1. The van der Waals surface area contributed by atoms with Crippen LogP contribution in [0.5, 0.6) is 0 Å². The van der Waals surface area contributed by atoms with E-state index in [-0.39, 0.29) is 29.3 Å². The summed E-state index contributed by atoms with van der Waals surface area (Å²) < 4.78 is 0. The summed E-state index contributed by atoms with van der Waals surface area (Å²) in [4.78, 5) is 29.0. The van der Waals surface area contributed by atoms with Crippen LogP contribution in [0.25, 0.3) is 0 Å². The number of nitrogens with one attached hydrogen (secondary N) is 1. The highest BCUT2D eigenvalue weighted by Gasteiger charge is 2.34. The normalized spacial score (nSPS) is 20.5. The fraction of sp³-hybridized carbons (Fsp3) is 0.286. The van der Waals surface area contributed by atoms with Gasteiger partial charge in [0.05, 0.1) is 35.2 Å². The van der Waals surface area contributed by atoms with Gasteiger partial charge in [0.15, 0.2) is 0 Å². The first-order valence-electron chi connectivity index (χ1n) is 10.3. The Morgan fingerprint density at radius 1 is 1.06 bits per heavy atom. The SMILES string of the molecule is NC(=O)c1cnc(NC2CCC(N(c3ccccc3)n3nccn3)[C@@H](N)C2)c(C(N)=O)c1. The van der Waals surface area contributed by atoms with E-state index in [4.69, 9.17) is 17.2 Å². The van der Waals surface area contributed by atoms with Crippen LogP contribution in [-0.4, -0.2) is 50.0 Å². The third-order valence-electron chi connectivity index (χ3n) is 5.57. The number of pyridine rings is 1. The molecule has 2 unspecified atom stereocenters. The van der Waals surface area contributed by atoms with Crippen molar-refractivity contribution in [3.8, 4) is 0 Å². The number of hydrogen-bond donors (Lipinski definition) is 4. The van der Waals surface area contributed by atoms with Crippen molar-refractivity contribution >= 4 is 23.3 Å². The molecule has 3 atom stereocenters. The number of benzene rings is 1. The molecular formula is C21H25N9O2. The number of amides is 2. The predicted molar refractivity (Wildman–Crippen MR) is 119 cm³/mol. The van der Waals surface area contributed by atoms with Gasteiger partial charge in [-0.25, -0.2) is 9.99 Å². The third kappa shape index (κ3) is 4.37. The van der Waals surface area contributed by atoms with E-state index in [1.165, 1.54) is 12.3 Å². The zero-order chi connectivity index (χ0) is 22.7. The number of nitrogens with two attached hydrogens (primary N) is 3. The van der Waals surface area contributed by atoms with E-state index in [2.05, 4.69) is 20.5 Å². The number of carbonyl (C=O) groups excluding carboxylic acids is 2. The molecule has 1 fully saturated rings. The van der Waals surface area contributed by atoms with Crippen LogP contribution in [0.4, 0.5) is 11.5 Å². The first kappa shape index (κ1) is 21.2. The molecule has 32 heavy (non-hydrogen) atoms. The van der Waals surface area contributed by atoms with E-state index in [0.717, 1.165) is 18.5 Å². The smallest absolute Gasteiger partial charge is 0.252 e. The Hall–Kier alpha value is -3.99. The lowest BCUT2D eigenvalue weighted by atomic mass is 9.86. The highest BCUT2D eigenvalue weighted by atomic mass is 16.1. The number of rotatable bonds is 7. The summed E-state index contributed by atoms with van der Waals surface area (Å²) in [6.45, 7) is 0. The molecular weight excluding hydrogens is 410 g/mol. The fourth-order valence-electron chi connectivity index (χ4n) is 4.05. The highest BCUT2D eigenvalue weighted by molar-refractivity contribution is 6.01. The molecule has 166 valence electrons. The molecule has 0 saturated heterocycles. The monoisotopic (exact) mass is 435 g/mol. The lowest BCUT2D eigenvalue weighted by Crippen LogP contribution is -2.55. The lowest BCUT2D eigenvalue weighted by Gasteiger charge is -2.41. The molecule has 11 nitrogen and oxygen atoms in total. The van der Waals surface area contributed by atoms with Crippen molar-refractivity contribution in [2.75, 3.05) is 10.3 Å². The molecule has 2 amide bonds. The highest BCUT2D eigenvalue weighted by Crippen LogP contribution is 2.29. The number of hydrogen-bond acceptors (Lipinski definition) is 8. The van der Waals surface area contributed by atoms with Gasteiger partial charge in [-0.3, -0.25) is 9.59 Å². The largest absolute Gasteiger partial charge is 0.367 e. The van der Waals surface area contributed by atoms with E-state index in [1.807, 2.05) is 35.3 Å². The van der Waals surface area contributed by atoms with Gasteiger partial charge in [-0.2, -0.15) is 0 Å². The molecule has 1 aromatic carbocycles. The summed E-state index contributed by atoms with van der Waals surface area (Å²) in [5.41, 5.74) is 18.5. The van der Waals surface area contributed by atoms with Crippen LogP contribution in [0.2, 0.25) is 0 Å². The molecule has 2 aromatic heterocycles. The molecule has 3 aromatic rings. The Morgan fingerprint density at radius 2 is 1.78 bits per heavy atom. The third-order valence-corrected chi connectivity index (χ3v) is 5.57. The average Bonchev–Trinajstić information content (AvgIpc) is 3.30. The average molecular weight is 435 g/mol. The molecule has 1 aliphatic rings. The number of anilines is 2. The Morgan fingerprint density at radius 3 is 2.41 bits per heavy atom. The second-order valence-electron chi connectivity index (χ2n) is 7.71. The van der Waals surface area contributed by atoms with Crippen LogP contribution in [0, 0.1) is 0 Å². The van der Waals surface area contributed by atoms with Gasteiger partial charge in [-0.1, -0.05) is 23.1 Å². The van der Waals surface area contributed by atoms with Gasteiger partial charge in [0.1, 0.15) is 5.82 Å². The van der Waals surface area contributed by atoms with Crippen molar-refractivity contribution < 1.29 is 9.59 Å². The Balaban J connectivity index is 1.52. The van der Waals surface area contributed by atoms with E-state index >= 15 is 0 Å². The van der Waals surface area contributed by atoms with Gasteiger partial charge in [0.25, 0.3) is 5.91 Å². The molecule has 0 aliphatic heterocycles. The van der Waals surface area contributed by atoms with Crippen molar-refractivity contribution in [2.24, 2.45) is 17.2 Å². The number of aromatic nitrogens is 4. The molecule has 1 aliphatic carbocycles. The summed E-state index contributed by atoms with van der Waals surface area (Å²) in [6, 6.07) is 10.9. The van der Waals surface area contributed by atoms with Crippen molar-refractivity contribution in [3.05, 3.63) is 66.1 Å². The topological polar surface area (TPSA) is 171 Å². The van der Waals surface area contributed by atoms with Gasteiger partial charge in [-0.05, 0) is 37.5 Å². The zero-order valence-corrected chi connectivity index (χ0v) is 17.3. The standard InChI is InChI=1S/C21H25N9O2/c22-17-11-14(28-21-16(20(24)32)10-13(12-25-21)19(23)31)6-7-18(17)29(30-26-8-9-27-30)15-4-2-1-3-5-15/h1-5,8-10,12,14,17-18H,6-7,11,22H2,(H2,23,31)(H2,24,32)(H,25,28)/t14?,17-,18?/m0/s1. The van der Waals surface area contributed by atoms with Crippen molar-refractivity contribution in [1.82, 2.24) is 20.1 Å². The molecule has 0 radical (unpaired) electrons. The lowest BCUT2D eigenvalue weighted by molar-refractivity contribution is 0.0999. The Kier molecular flexibility index (Phi) is 5.99. The second kappa shape index (κ2) is 9.02. The van der Waals surface area contributed by atoms with Crippen LogP contribution in [-0.2, 0) is 0 Å². The van der Waals surface area contributed by atoms with E-state index in [1.54, 1.807) is 17.3 Å². The van der Waals surface area contributed by atoms with Gasteiger partial charge in [-0.15, -0.1) is 10.2 Å². The zero-order valence-electron chi connectivity index (χ0n) is 17.3. The summed E-state index contributed by atoms with van der Waals surface area (Å²) in [5, 5.41) is 13.9. The Labute approximate surface area is 184 Å². The van der Waals surface area contributed by atoms with E-state index < -0.39 is 11.8 Å². The van der Waals surface area contributed by atoms with Crippen molar-refractivity contribution in [2.45, 2.75) is 37.4 Å². The minimum atomic E-state index is -0.693. The van der Waals surface area contributed by atoms with Crippen LogP contribution < -0.4 is 27.5 Å². The fourth-order valence-corrected chi connectivity index (χ4v) is 4.05. The summed E-state index contributed by atoms with van der Waals surface area (Å²) in [5.74, 6) is -1.06. The molecule has 11 heteroatoms. The quantitative estimate of drug-likeness (QED) is 0.415. The van der Waals surface area contributed by atoms with Crippen LogP contribution in [0.3, 0.4) is 0 Å². The van der Waals surface area contributed by atoms with Gasteiger partial charge in [0.2, 0.25) is 5.91 Å². The van der Waals surface area contributed by atoms with Crippen LogP contribution >= 0.6 is 0 Å². The van der Waals surface area contributed by atoms with Gasteiger partial charge < -0.3 is 22.5 Å². The predicted octanol–water partition coefficient (Wildman–Crippen LogP) is 0.501. The van der Waals surface area contributed by atoms with Crippen molar-refractivity contribution in [1.29, 1.82) is 0 Å². The molecule has 2 heterocycles.